The van der Waals surface area contributed by atoms with Crippen LogP contribution in [0.4, 0.5) is 4.39 Å². The van der Waals surface area contributed by atoms with Gasteiger partial charge in [-0.1, -0.05) is 30.3 Å². The monoisotopic (exact) mass is 288 g/mol. The Hall–Kier alpha value is -2.36. The van der Waals surface area contributed by atoms with Crippen LogP contribution < -0.4 is 9.47 Å². The molecule has 0 aliphatic rings. The Morgan fingerprint density at radius 1 is 1.10 bits per heavy atom. The van der Waals surface area contributed by atoms with Crippen molar-refractivity contribution in [1.82, 2.24) is 0 Å². The van der Waals surface area contributed by atoms with Crippen molar-refractivity contribution < 1.29 is 18.7 Å². The number of halogens is 1. The molecular weight excluding hydrogens is 271 g/mol. The van der Waals surface area contributed by atoms with Crippen LogP contribution in [0.2, 0.25) is 0 Å². The van der Waals surface area contributed by atoms with E-state index in [2.05, 4.69) is 0 Å². The average Bonchev–Trinajstić information content (AvgIpc) is 2.50. The van der Waals surface area contributed by atoms with Crippen LogP contribution in [0, 0.1) is 5.82 Å². The highest BCUT2D eigenvalue weighted by molar-refractivity contribution is 5.81. The van der Waals surface area contributed by atoms with Crippen molar-refractivity contribution in [2.24, 2.45) is 0 Å². The Bertz CT molecular complexity index is 596. The van der Waals surface area contributed by atoms with Crippen molar-refractivity contribution in [3.8, 4) is 11.5 Å². The number of hydrogen-bond acceptors (Lipinski definition) is 3. The number of para-hydroxylation sites is 1. The van der Waals surface area contributed by atoms with Gasteiger partial charge in [0.2, 0.25) is 0 Å². The maximum atomic E-state index is 13.9. The van der Waals surface area contributed by atoms with Crippen LogP contribution >= 0.6 is 0 Å². The summed E-state index contributed by atoms with van der Waals surface area (Å²) in [4.78, 5) is 11.9. The van der Waals surface area contributed by atoms with Gasteiger partial charge in [0, 0.05) is 12.8 Å². The van der Waals surface area contributed by atoms with E-state index in [0.29, 0.717) is 5.56 Å². The number of methoxy groups -OCH3 is 1. The number of ketones is 1. The zero-order chi connectivity index (χ0) is 15.1. The zero-order valence-corrected chi connectivity index (χ0v) is 11.8. The quantitative estimate of drug-likeness (QED) is 0.783. The molecule has 0 N–H and O–H groups in total. The maximum Gasteiger partial charge on any atom is 0.168 e. The average molecular weight is 288 g/mol. The van der Waals surface area contributed by atoms with Crippen molar-refractivity contribution in [2.45, 2.75) is 12.8 Å². The molecule has 4 heteroatoms. The summed E-state index contributed by atoms with van der Waals surface area (Å²) in [7, 11) is 1.40. The standard InChI is InChI=1S/C17H17FO3/c1-20-16-9-5-6-13(17(16)18)12-14(19)10-11-21-15-7-3-2-4-8-15/h2-9H,10-12H2,1H3. The molecule has 0 radical (unpaired) electrons. The smallest absolute Gasteiger partial charge is 0.168 e. The first-order chi connectivity index (χ1) is 10.2. The van der Waals surface area contributed by atoms with Crippen LogP contribution in [0.5, 0.6) is 11.5 Å². The van der Waals surface area contributed by atoms with Crippen LogP contribution in [0.3, 0.4) is 0 Å². The molecule has 0 aliphatic heterocycles. The summed E-state index contributed by atoms with van der Waals surface area (Å²) < 4.78 is 24.3. The van der Waals surface area contributed by atoms with Crippen LogP contribution in [-0.4, -0.2) is 19.5 Å². The van der Waals surface area contributed by atoms with Gasteiger partial charge in [0.15, 0.2) is 11.6 Å². The first-order valence-corrected chi connectivity index (χ1v) is 6.71. The van der Waals surface area contributed by atoms with Crippen molar-refractivity contribution in [3.05, 3.63) is 59.9 Å². The topological polar surface area (TPSA) is 35.5 Å². The molecule has 0 heterocycles. The molecule has 0 aliphatic carbocycles. The molecular formula is C17H17FO3. The number of carbonyl (C=O) groups is 1. The van der Waals surface area contributed by atoms with E-state index in [9.17, 15) is 9.18 Å². The molecule has 21 heavy (non-hydrogen) atoms. The van der Waals surface area contributed by atoms with Crippen LogP contribution in [0.25, 0.3) is 0 Å². The molecule has 0 fully saturated rings. The number of Topliss-reactive ketones (excluding diaryl/α,β-unsaturated/α-hetero) is 1. The summed E-state index contributed by atoms with van der Waals surface area (Å²) in [5.41, 5.74) is 0.346. The van der Waals surface area contributed by atoms with E-state index >= 15 is 0 Å². The van der Waals surface area contributed by atoms with Gasteiger partial charge in [-0.05, 0) is 23.8 Å². The first-order valence-electron chi connectivity index (χ1n) is 6.71. The molecule has 0 saturated heterocycles. The zero-order valence-electron chi connectivity index (χ0n) is 11.8. The van der Waals surface area contributed by atoms with Gasteiger partial charge in [0.05, 0.1) is 13.7 Å². The highest BCUT2D eigenvalue weighted by Gasteiger charge is 2.12. The lowest BCUT2D eigenvalue weighted by atomic mass is 10.1. The second-order valence-corrected chi connectivity index (χ2v) is 4.56. The third-order valence-corrected chi connectivity index (χ3v) is 3.04. The lowest BCUT2D eigenvalue weighted by Crippen LogP contribution is -2.10. The third kappa shape index (κ3) is 4.31. The Kier molecular flexibility index (Phi) is 5.32. The number of benzene rings is 2. The first kappa shape index (κ1) is 15.0. The summed E-state index contributed by atoms with van der Waals surface area (Å²) in [6.07, 6.45) is 0.284. The van der Waals surface area contributed by atoms with Gasteiger partial charge in [-0.25, -0.2) is 4.39 Å². The molecule has 0 amide bonds. The normalized spacial score (nSPS) is 10.2. The Labute approximate surface area is 123 Å². The fraction of sp³-hybridized carbons (Fsp3) is 0.235. The van der Waals surface area contributed by atoms with Gasteiger partial charge >= 0.3 is 0 Å². The lowest BCUT2D eigenvalue weighted by Gasteiger charge is -2.08. The van der Waals surface area contributed by atoms with Gasteiger partial charge in [-0.3, -0.25) is 4.79 Å². The van der Waals surface area contributed by atoms with Crippen molar-refractivity contribution in [2.75, 3.05) is 13.7 Å². The summed E-state index contributed by atoms with van der Waals surface area (Å²) in [6.45, 7) is 0.286. The molecule has 3 nitrogen and oxygen atoms in total. The van der Waals surface area contributed by atoms with E-state index in [1.54, 1.807) is 12.1 Å². The van der Waals surface area contributed by atoms with Crippen molar-refractivity contribution in [1.29, 1.82) is 0 Å². The summed E-state index contributed by atoms with van der Waals surface area (Å²) in [5.74, 6) is 0.328. The van der Waals surface area contributed by atoms with E-state index in [4.69, 9.17) is 9.47 Å². The highest BCUT2D eigenvalue weighted by atomic mass is 19.1. The largest absolute Gasteiger partial charge is 0.494 e. The minimum absolute atomic E-state index is 0.0428. The van der Waals surface area contributed by atoms with Crippen molar-refractivity contribution >= 4 is 5.78 Å². The number of rotatable bonds is 7. The Morgan fingerprint density at radius 2 is 1.86 bits per heavy atom. The van der Waals surface area contributed by atoms with Crippen LogP contribution in [-0.2, 0) is 11.2 Å². The molecule has 0 aromatic heterocycles. The molecule has 2 aromatic carbocycles. The van der Waals surface area contributed by atoms with E-state index in [0.717, 1.165) is 5.75 Å². The predicted octanol–water partition coefficient (Wildman–Crippen LogP) is 3.42. The van der Waals surface area contributed by atoms with Gasteiger partial charge in [-0.2, -0.15) is 0 Å². The van der Waals surface area contributed by atoms with Crippen LogP contribution in [0.15, 0.2) is 48.5 Å². The summed E-state index contributed by atoms with van der Waals surface area (Å²) >= 11 is 0. The fourth-order valence-corrected chi connectivity index (χ4v) is 1.95. The minimum Gasteiger partial charge on any atom is -0.494 e. The molecule has 2 aromatic rings. The molecule has 0 unspecified atom stereocenters. The van der Waals surface area contributed by atoms with E-state index in [-0.39, 0.29) is 31.0 Å². The summed E-state index contributed by atoms with van der Waals surface area (Å²) in [6, 6.07) is 14.1. The maximum absolute atomic E-state index is 13.9. The molecule has 2 rings (SSSR count). The third-order valence-electron chi connectivity index (χ3n) is 3.04. The van der Waals surface area contributed by atoms with E-state index < -0.39 is 5.82 Å². The number of hydrogen-bond donors (Lipinski definition) is 0. The SMILES string of the molecule is COc1cccc(CC(=O)CCOc2ccccc2)c1F. The van der Waals surface area contributed by atoms with Gasteiger partial charge in [-0.15, -0.1) is 0 Å². The Morgan fingerprint density at radius 3 is 2.57 bits per heavy atom. The molecule has 110 valence electrons. The second kappa shape index (κ2) is 7.43. The fourth-order valence-electron chi connectivity index (χ4n) is 1.95. The van der Waals surface area contributed by atoms with E-state index in [1.807, 2.05) is 30.3 Å². The van der Waals surface area contributed by atoms with Gasteiger partial charge < -0.3 is 9.47 Å². The molecule has 0 spiro atoms. The van der Waals surface area contributed by atoms with E-state index in [1.165, 1.54) is 13.2 Å². The van der Waals surface area contributed by atoms with Gasteiger partial charge in [0.1, 0.15) is 11.5 Å². The molecule has 0 bridgehead atoms. The lowest BCUT2D eigenvalue weighted by molar-refractivity contribution is -0.118. The van der Waals surface area contributed by atoms with Crippen LogP contribution in [0.1, 0.15) is 12.0 Å². The van der Waals surface area contributed by atoms with Crippen molar-refractivity contribution in [3.63, 3.8) is 0 Å². The number of ether oxygens (including phenoxy) is 2. The second-order valence-electron chi connectivity index (χ2n) is 4.56. The molecule has 0 saturated carbocycles. The highest BCUT2D eigenvalue weighted by Crippen LogP contribution is 2.20. The summed E-state index contributed by atoms with van der Waals surface area (Å²) in [5, 5.41) is 0. The van der Waals surface area contributed by atoms with Gasteiger partial charge in [0.25, 0.3) is 0 Å². The number of carbonyl (C=O) groups excluding carboxylic acids is 1. The molecule has 0 atom stereocenters. The predicted molar refractivity (Wildman–Crippen MR) is 78.2 cm³/mol. The Balaban J connectivity index is 1.85. The minimum atomic E-state index is -0.475.